The van der Waals surface area contributed by atoms with E-state index in [0.29, 0.717) is 12.3 Å². The molecule has 2 heterocycles. The van der Waals surface area contributed by atoms with Crippen LogP contribution in [0.5, 0.6) is 0 Å². The third-order valence-corrected chi connectivity index (χ3v) is 3.68. The highest BCUT2D eigenvalue weighted by Gasteiger charge is 2.12. The van der Waals surface area contributed by atoms with Gasteiger partial charge < -0.3 is 9.88 Å². The minimum atomic E-state index is 0.0165. The first-order valence-corrected chi connectivity index (χ1v) is 7.40. The van der Waals surface area contributed by atoms with Gasteiger partial charge in [-0.15, -0.1) is 10.2 Å². The molecule has 0 aliphatic heterocycles. The first-order chi connectivity index (χ1) is 9.72. The smallest absolute Gasteiger partial charge is 0.230 e. The van der Waals surface area contributed by atoms with Gasteiger partial charge in [-0.1, -0.05) is 18.7 Å². The van der Waals surface area contributed by atoms with Gasteiger partial charge in [0.15, 0.2) is 11.0 Å². The number of hydrogen-bond donors (Lipinski definition) is 1. The molecule has 7 heteroatoms. The van der Waals surface area contributed by atoms with Crippen molar-refractivity contribution in [1.82, 2.24) is 25.1 Å². The van der Waals surface area contributed by atoms with Gasteiger partial charge in [0.2, 0.25) is 5.91 Å². The molecule has 106 valence electrons. The van der Waals surface area contributed by atoms with E-state index < -0.39 is 0 Å². The van der Waals surface area contributed by atoms with Gasteiger partial charge in [0.25, 0.3) is 0 Å². The van der Waals surface area contributed by atoms with E-state index in [4.69, 9.17) is 0 Å². The molecule has 0 aliphatic rings. The highest BCUT2D eigenvalue weighted by atomic mass is 32.2. The minimum Gasteiger partial charge on any atom is -0.355 e. The van der Waals surface area contributed by atoms with Crippen LogP contribution in [-0.4, -0.2) is 38.0 Å². The lowest BCUT2D eigenvalue weighted by Crippen LogP contribution is -2.25. The Labute approximate surface area is 122 Å². The molecule has 0 aromatic carbocycles. The van der Waals surface area contributed by atoms with Gasteiger partial charge in [0.05, 0.1) is 5.75 Å². The van der Waals surface area contributed by atoms with Gasteiger partial charge in [0, 0.05) is 31.5 Å². The number of carbonyl (C=O) groups is 1. The molecule has 2 aromatic heterocycles. The summed E-state index contributed by atoms with van der Waals surface area (Å²) in [4.78, 5) is 15.6. The Kier molecular flexibility index (Phi) is 5.11. The number of thioether (sulfide) groups is 1. The zero-order valence-electron chi connectivity index (χ0n) is 11.5. The molecular formula is C13H17N5OS. The van der Waals surface area contributed by atoms with Crippen LogP contribution in [0.15, 0.2) is 29.7 Å². The number of carbonyl (C=O) groups excluding carboxylic acids is 1. The second kappa shape index (κ2) is 7.04. The first kappa shape index (κ1) is 14.5. The number of amides is 1. The van der Waals surface area contributed by atoms with E-state index in [1.807, 2.05) is 30.7 Å². The van der Waals surface area contributed by atoms with Gasteiger partial charge in [-0.25, -0.2) is 0 Å². The average molecular weight is 291 g/mol. The molecule has 6 nitrogen and oxygen atoms in total. The van der Waals surface area contributed by atoms with Crippen molar-refractivity contribution in [3.05, 3.63) is 24.5 Å². The van der Waals surface area contributed by atoms with Gasteiger partial charge in [-0.2, -0.15) is 0 Å². The molecule has 0 unspecified atom stereocenters. The van der Waals surface area contributed by atoms with E-state index in [0.717, 1.165) is 23.0 Å². The molecule has 0 aliphatic carbocycles. The predicted octanol–water partition coefficient (Wildman–Crippen LogP) is 1.50. The summed E-state index contributed by atoms with van der Waals surface area (Å²) in [5.74, 6) is 1.11. The van der Waals surface area contributed by atoms with Crippen molar-refractivity contribution in [2.45, 2.75) is 18.5 Å². The number of pyridine rings is 1. The lowest BCUT2D eigenvalue weighted by Gasteiger charge is -2.04. The predicted molar refractivity (Wildman–Crippen MR) is 78.3 cm³/mol. The van der Waals surface area contributed by atoms with Crippen LogP contribution in [0.3, 0.4) is 0 Å². The Morgan fingerprint density at radius 2 is 2.30 bits per heavy atom. The lowest BCUT2D eigenvalue weighted by atomic mass is 10.3. The fourth-order valence-corrected chi connectivity index (χ4v) is 2.37. The van der Waals surface area contributed by atoms with Crippen LogP contribution >= 0.6 is 11.8 Å². The Balaban J connectivity index is 2.01. The SMILES string of the molecule is CCCNC(=O)CSc1nnc(-c2cccnc2)n1C. The largest absolute Gasteiger partial charge is 0.355 e. The van der Waals surface area contributed by atoms with Gasteiger partial charge in [-0.05, 0) is 18.6 Å². The van der Waals surface area contributed by atoms with Gasteiger partial charge in [0.1, 0.15) is 0 Å². The molecule has 0 spiro atoms. The Bertz CT molecular complexity index is 569. The topological polar surface area (TPSA) is 72.7 Å². The second-order valence-corrected chi connectivity index (χ2v) is 5.19. The van der Waals surface area contributed by atoms with Crippen molar-refractivity contribution in [2.24, 2.45) is 7.05 Å². The molecule has 0 radical (unpaired) electrons. The molecule has 2 rings (SSSR count). The highest BCUT2D eigenvalue weighted by Crippen LogP contribution is 2.21. The summed E-state index contributed by atoms with van der Waals surface area (Å²) >= 11 is 1.38. The molecule has 2 aromatic rings. The van der Waals surface area contributed by atoms with E-state index in [1.54, 1.807) is 12.4 Å². The molecule has 0 saturated carbocycles. The van der Waals surface area contributed by atoms with Crippen molar-refractivity contribution in [2.75, 3.05) is 12.3 Å². The van der Waals surface area contributed by atoms with Crippen LogP contribution in [-0.2, 0) is 11.8 Å². The van der Waals surface area contributed by atoms with Crippen molar-refractivity contribution in [3.8, 4) is 11.4 Å². The summed E-state index contributed by atoms with van der Waals surface area (Å²) in [6.45, 7) is 2.73. The summed E-state index contributed by atoms with van der Waals surface area (Å²) in [5.41, 5.74) is 0.907. The normalized spacial score (nSPS) is 10.5. The first-order valence-electron chi connectivity index (χ1n) is 6.41. The minimum absolute atomic E-state index is 0.0165. The molecule has 1 N–H and O–H groups in total. The van der Waals surface area contributed by atoms with Crippen LogP contribution in [0.2, 0.25) is 0 Å². The molecule has 0 atom stereocenters. The molecule has 0 bridgehead atoms. The lowest BCUT2D eigenvalue weighted by molar-refractivity contribution is -0.118. The number of aromatic nitrogens is 4. The van der Waals surface area contributed by atoms with Crippen molar-refractivity contribution in [1.29, 1.82) is 0 Å². The summed E-state index contributed by atoms with van der Waals surface area (Å²) in [6.07, 6.45) is 4.39. The van der Waals surface area contributed by atoms with E-state index in [1.165, 1.54) is 11.8 Å². The van der Waals surface area contributed by atoms with E-state index in [9.17, 15) is 4.79 Å². The highest BCUT2D eigenvalue weighted by molar-refractivity contribution is 7.99. The Hall–Kier alpha value is -1.89. The third-order valence-electron chi connectivity index (χ3n) is 2.66. The molecule has 0 saturated heterocycles. The van der Waals surface area contributed by atoms with Crippen LogP contribution < -0.4 is 5.32 Å². The Morgan fingerprint density at radius 3 is 3.00 bits per heavy atom. The van der Waals surface area contributed by atoms with Crippen LogP contribution in [0.4, 0.5) is 0 Å². The molecule has 20 heavy (non-hydrogen) atoms. The summed E-state index contributed by atoms with van der Waals surface area (Å²) < 4.78 is 1.87. The fourth-order valence-electron chi connectivity index (χ4n) is 1.63. The van der Waals surface area contributed by atoms with Gasteiger partial charge >= 0.3 is 0 Å². The molecule has 1 amide bonds. The maximum Gasteiger partial charge on any atom is 0.230 e. The maximum absolute atomic E-state index is 11.6. The molecular weight excluding hydrogens is 274 g/mol. The number of nitrogens with zero attached hydrogens (tertiary/aromatic N) is 4. The standard InChI is InChI=1S/C13H17N5OS/c1-3-6-15-11(19)9-20-13-17-16-12(18(13)2)10-5-4-7-14-8-10/h4-5,7-8H,3,6,9H2,1-2H3,(H,15,19). The number of nitrogens with one attached hydrogen (secondary N) is 1. The maximum atomic E-state index is 11.6. The summed E-state index contributed by atoms with van der Waals surface area (Å²) in [5, 5.41) is 11.8. The van der Waals surface area contributed by atoms with Crippen molar-refractivity contribution >= 4 is 17.7 Å². The fraction of sp³-hybridized carbons (Fsp3) is 0.385. The van der Waals surface area contributed by atoms with Crippen molar-refractivity contribution in [3.63, 3.8) is 0 Å². The van der Waals surface area contributed by atoms with E-state index in [2.05, 4.69) is 20.5 Å². The van der Waals surface area contributed by atoms with Gasteiger partial charge in [-0.3, -0.25) is 9.78 Å². The Morgan fingerprint density at radius 1 is 1.45 bits per heavy atom. The summed E-state index contributed by atoms with van der Waals surface area (Å²) in [6, 6.07) is 3.79. The monoisotopic (exact) mass is 291 g/mol. The third kappa shape index (κ3) is 3.57. The zero-order valence-corrected chi connectivity index (χ0v) is 12.4. The van der Waals surface area contributed by atoms with Crippen LogP contribution in [0, 0.1) is 0 Å². The van der Waals surface area contributed by atoms with Crippen LogP contribution in [0.1, 0.15) is 13.3 Å². The van der Waals surface area contributed by atoms with Crippen molar-refractivity contribution < 1.29 is 4.79 Å². The van der Waals surface area contributed by atoms with E-state index >= 15 is 0 Å². The number of rotatable bonds is 6. The second-order valence-electron chi connectivity index (χ2n) is 4.25. The van der Waals surface area contributed by atoms with Crippen LogP contribution in [0.25, 0.3) is 11.4 Å². The summed E-state index contributed by atoms with van der Waals surface area (Å²) in [7, 11) is 1.88. The molecule has 0 fully saturated rings. The average Bonchev–Trinajstić information content (AvgIpc) is 2.85. The quantitative estimate of drug-likeness (QED) is 0.816. The number of hydrogen-bond acceptors (Lipinski definition) is 5. The zero-order chi connectivity index (χ0) is 14.4. The van der Waals surface area contributed by atoms with E-state index in [-0.39, 0.29) is 5.91 Å².